The van der Waals surface area contributed by atoms with Gasteiger partial charge in [0.25, 0.3) is 0 Å². The van der Waals surface area contributed by atoms with Crippen molar-refractivity contribution in [3.8, 4) is 0 Å². The van der Waals surface area contributed by atoms with Crippen molar-refractivity contribution in [3.63, 3.8) is 0 Å². The summed E-state index contributed by atoms with van der Waals surface area (Å²) in [6.07, 6.45) is 0. The van der Waals surface area contributed by atoms with Crippen LogP contribution in [-0.4, -0.2) is 9.97 Å². The summed E-state index contributed by atoms with van der Waals surface area (Å²) in [6.45, 7) is 0. The summed E-state index contributed by atoms with van der Waals surface area (Å²) in [5.41, 5.74) is 5.36. The average molecular weight is 287 g/mol. The van der Waals surface area contributed by atoms with Gasteiger partial charge >= 0.3 is 0 Å². The molecule has 0 fully saturated rings. The molecule has 1 rings (SSSR count). The third kappa shape index (κ3) is 1.59. The molecule has 0 radical (unpaired) electrons. The summed E-state index contributed by atoms with van der Waals surface area (Å²) in [4.78, 5) is 7.65. The van der Waals surface area contributed by atoms with Crippen LogP contribution in [0.25, 0.3) is 0 Å². The normalized spacial score (nSPS) is 9.90. The van der Waals surface area contributed by atoms with Gasteiger partial charge < -0.3 is 5.73 Å². The number of nitrogen functional groups attached to an aromatic ring is 1. The van der Waals surface area contributed by atoms with Gasteiger partial charge in [0, 0.05) is 0 Å². The first-order valence-electron chi connectivity index (χ1n) is 2.25. The number of rotatable bonds is 0. The molecule has 0 bridgehead atoms. The van der Waals surface area contributed by atoms with Crippen LogP contribution in [0.3, 0.4) is 0 Å². The van der Waals surface area contributed by atoms with Gasteiger partial charge in [0.2, 0.25) is 0 Å². The first-order chi connectivity index (χ1) is 4.61. The highest BCUT2D eigenvalue weighted by molar-refractivity contribution is 9.11. The quantitative estimate of drug-likeness (QED) is 0.796. The molecule has 0 spiro atoms. The van der Waals surface area contributed by atoms with Crippen molar-refractivity contribution < 1.29 is 0 Å². The van der Waals surface area contributed by atoms with Crippen molar-refractivity contribution >= 4 is 49.3 Å². The van der Waals surface area contributed by atoms with Crippen molar-refractivity contribution in [1.82, 2.24) is 9.97 Å². The van der Waals surface area contributed by atoms with Crippen LogP contribution in [0.15, 0.2) is 9.21 Å². The van der Waals surface area contributed by atoms with E-state index in [0.29, 0.717) is 9.21 Å². The minimum absolute atomic E-state index is 0.265. The molecule has 0 aliphatic carbocycles. The summed E-state index contributed by atoms with van der Waals surface area (Å²) < 4.78 is 0.971. The van der Waals surface area contributed by atoms with Crippen LogP contribution < -0.4 is 5.73 Å². The fourth-order valence-electron chi connectivity index (χ4n) is 0.388. The molecule has 1 aromatic rings. The lowest BCUT2D eigenvalue weighted by atomic mass is 10.7. The van der Waals surface area contributed by atoms with E-state index < -0.39 is 0 Å². The predicted molar refractivity (Wildman–Crippen MR) is 46.9 cm³/mol. The SMILES string of the molecule is Nc1nc(Cl)c(Br)nc1Br. The largest absolute Gasteiger partial charge is 0.381 e. The number of anilines is 1. The van der Waals surface area contributed by atoms with E-state index in [9.17, 15) is 0 Å². The van der Waals surface area contributed by atoms with Crippen molar-refractivity contribution in [2.24, 2.45) is 0 Å². The molecule has 0 amide bonds. The van der Waals surface area contributed by atoms with Gasteiger partial charge in [0.05, 0.1) is 0 Å². The Labute approximate surface area is 79.2 Å². The zero-order chi connectivity index (χ0) is 7.72. The van der Waals surface area contributed by atoms with Gasteiger partial charge in [0.15, 0.2) is 11.0 Å². The van der Waals surface area contributed by atoms with E-state index in [2.05, 4.69) is 41.8 Å². The van der Waals surface area contributed by atoms with Crippen LogP contribution in [-0.2, 0) is 0 Å². The van der Waals surface area contributed by atoms with E-state index >= 15 is 0 Å². The highest BCUT2D eigenvalue weighted by Gasteiger charge is 2.04. The fourth-order valence-corrected chi connectivity index (χ4v) is 1.29. The van der Waals surface area contributed by atoms with E-state index in [1.165, 1.54) is 0 Å². The molecule has 0 unspecified atom stereocenters. The molecule has 10 heavy (non-hydrogen) atoms. The average Bonchev–Trinajstić information content (AvgIpc) is 1.84. The van der Waals surface area contributed by atoms with Crippen LogP contribution in [0.5, 0.6) is 0 Å². The molecule has 0 saturated carbocycles. The minimum atomic E-state index is 0.265. The molecular weight excluding hydrogens is 285 g/mol. The Morgan fingerprint density at radius 3 is 2.30 bits per heavy atom. The van der Waals surface area contributed by atoms with Crippen LogP contribution in [0.2, 0.25) is 5.15 Å². The lowest BCUT2D eigenvalue weighted by Gasteiger charge is -1.97. The lowest BCUT2D eigenvalue weighted by Crippen LogP contribution is -1.94. The fraction of sp³-hybridized carbons (Fsp3) is 0. The maximum atomic E-state index is 5.56. The van der Waals surface area contributed by atoms with Gasteiger partial charge in [-0.2, -0.15) is 0 Å². The number of halogens is 3. The maximum absolute atomic E-state index is 5.56. The third-order valence-electron chi connectivity index (χ3n) is 0.797. The molecular formula is C4H2Br2ClN3. The molecule has 0 saturated heterocycles. The van der Waals surface area contributed by atoms with Crippen molar-refractivity contribution in [2.75, 3.05) is 5.73 Å². The van der Waals surface area contributed by atoms with Crippen molar-refractivity contribution in [3.05, 3.63) is 14.4 Å². The Balaban J connectivity index is 3.28. The van der Waals surface area contributed by atoms with E-state index in [0.717, 1.165) is 0 Å². The maximum Gasteiger partial charge on any atom is 0.164 e. The number of hydrogen-bond acceptors (Lipinski definition) is 3. The zero-order valence-corrected chi connectivity index (χ0v) is 8.53. The number of nitrogens with two attached hydrogens (primary N) is 1. The van der Waals surface area contributed by atoms with Crippen molar-refractivity contribution in [1.29, 1.82) is 0 Å². The van der Waals surface area contributed by atoms with E-state index in [1.54, 1.807) is 0 Å². The topological polar surface area (TPSA) is 51.8 Å². The second-order valence-corrected chi connectivity index (χ2v) is 3.34. The van der Waals surface area contributed by atoms with Crippen molar-refractivity contribution in [2.45, 2.75) is 0 Å². The summed E-state index contributed by atoms with van der Waals surface area (Å²) >= 11 is 11.7. The summed E-state index contributed by atoms with van der Waals surface area (Å²) in [6, 6.07) is 0. The van der Waals surface area contributed by atoms with E-state index in [4.69, 9.17) is 17.3 Å². The second-order valence-electron chi connectivity index (χ2n) is 1.48. The Morgan fingerprint density at radius 2 is 1.80 bits per heavy atom. The lowest BCUT2D eigenvalue weighted by molar-refractivity contribution is 1.14. The molecule has 0 aliphatic rings. The van der Waals surface area contributed by atoms with Crippen LogP contribution in [0.1, 0.15) is 0 Å². The van der Waals surface area contributed by atoms with Gasteiger partial charge in [-0.15, -0.1) is 0 Å². The van der Waals surface area contributed by atoms with E-state index in [1.807, 2.05) is 0 Å². The molecule has 2 N–H and O–H groups in total. The summed E-state index contributed by atoms with van der Waals surface area (Å²) in [5, 5.41) is 0.265. The van der Waals surface area contributed by atoms with Crippen LogP contribution >= 0.6 is 43.5 Å². The molecule has 0 atom stereocenters. The Bertz CT molecular complexity index is 215. The van der Waals surface area contributed by atoms with Crippen LogP contribution in [0, 0.1) is 0 Å². The second kappa shape index (κ2) is 3.02. The number of aromatic nitrogens is 2. The number of nitrogens with zero attached hydrogens (tertiary/aromatic N) is 2. The van der Waals surface area contributed by atoms with Gasteiger partial charge in [-0.1, -0.05) is 11.6 Å². The molecule has 0 aromatic carbocycles. The van der Waals surface area contributed by atoms with Gasteiger partial charge in [-0.3, -0.25) is 0 Å². The molecule has 6 heteroatoms. The monoisotopic (exact) mass is 285 g/mol. The minimum Gasteiger partial charge on any atom is -0.381 e. The Kier molecular flexibility index (Phi) is 2.49. The smallest absolute Gasteiger partial charge is 0.164 e. The summed E-state index contributed by atoms with van der Waals surface area (Å²) in [7, 11) is 0. The standard InChI is InChI=1S/C4H2Br2ClN3/c5-1-3(7)10-4(8)2(6)9-1/h(H2,8,10). The predicted octanol–water partition coefficient (Wildman–Crippen LogP) is 2.24. The summed E-state index contributed by atoms with van der Waals surface area (Å²) in [5.74, 6) is 0.285. The highest BCUT2D eigenvalue weighted by atomic mass is 79.9. The van der Waals surface area contributed by atoms with Gasteiger partial charge in [-0.25, -0.2) is 9.97 Å². The molecule has 3 nitrogen and oxygen atoms in total. The molecule has 1 heterocycles. The first-order valence-corrected chi connectivity index (χ1v) is 4.21. The van der Waals surface area contributed by atoms with E-state index in [-0.39, 0.29) is 11.0 Å². The Morgan fingerprint density at radius 1 is 1.20 bits per heavy atom. The van der Waals surface area contributed by atoms with Gasteiger partial charge in [-0.05, 0) is 31.9 Å². The molecule has 1 aromatic heterocycles. The zero-order valence-electron chi connectivity index (χ0n) is 4.61. The number of hydrogen-bond donors (Lipinski definition) is 1. The molecule has 54 valence electrons. The highest BCUT2D eigenvalue weighted by Crippen LogP contribution is 2.23. The van der Waals surface area contributed by atoms with Gasteiger partial charge in [0.1, 0.15) is 9.21 Å². The molecule has 0 aliphatic heterocycles. The first kappa shape index (κ1) is 8.23. The third-order valence-corrected chi connectivity index (χ3v) is 2.42. The van der Waals surface area contributed by atoms with Crippen LogP contribution in [0.4, 0.5) is 5.82 Å². The Hall–Kier alpha value is 0.130.